The zero-order chi connectivity index (χ0) is 16.5. The standard InChI is InChI=1S/C18H21NO4/c20-17(19-11-5-1-2-8-18(21)22)13-23-16-10-9-14-6-3-4-7-15(14)12-16/h3-4,6-7,9-10,12H,1-2,5,8,11,13H2,(H,19,20)(H,21,22). The molecule has 2 aromatic carbocycles. The van der Waals surface area contributed by atoms with Gasteiger partial charge in [0.25, 0.3) is 5.91 Å². The van der Waals surface area contributed by atoms with Crippen molar-refractivity contribution < 1.29 is 19.4 Å². The van der Waals surface area contributed by atoms with Crippen LogP contribution in [-0.2, 0) is 9.59 Å². The molecule has 23 heavy (non-hydrogen) atoms. The zero-order valence-corrected chi connectivity index (χ0v) is 13.0. The van der Waals surface area contributed by atoms with Gasteiger partial charge in [0.1, 0.15) is 5.75 Å². The van der Waals surface area contributed by atoms with Crippen molar-refractivity contribution in [1.82, 2.24) is 5.32 Å². The van der Waals surface area contributed by atoms with E-state index in [9.17, 15) is 9.59 Å². The van der Waals surface area contributed by atoms with Crippen LogP contribution in [-0.4, -0.2) is 30.1 Å². The van der Waals surface area contributed by atoms with Gasteiger partial charge in [-0.3, -0.25) is 9.59 Å². The minimum atomic E-state index is -0.780. The summed E-state index contributed by atoms with van der Waals surface area (Å²) in [4.78, 5) is 22.0. The highest BCUT2D eigenvalue weighted by atomic mass is 16.5. The van der Waals surface area contributed by atoms with Gasteiger partial charge >= 0.3 is 5.97 Å². The predicted molar refractivity (Wildman–Crippen MR) is 88.6 cm³/mol. The topological polar surface area (TPSA) is 75.6 Å². The molecular weight excluding hydrogens is 294 g/mol. The van der Waals surface area contributed by atoms with Crippen molar-refractivity contribution in [2.24, 2.45) is 0 Å². The number of carboxylic acid groups (broad SMARTS) is 1. The van der Waals surface area contributed by atoms with Crippen LogP contribution in [0.5, 0.6) is 5.75 Å². The van der Waals surface area contributed by atoms with Gasteiger partial charge in [-0.15, -0.1) is 0 Å². The number of carbonyl (C=O) groups is 2. The Balaban J connectivity index is 1.66. The van der Waals surface area contributed by atoms with Gasteiger partial charge in [0.15, 0.2) is 6.61 Å². The summed E-state index contributed by atoms with van der Waals surface area (Å²) in [5, 5.41) is 13.5. The SMILES string of the molecule is O=C(O)CCCCCNC(=O)COc1ccc2ccccc2c1. The first kappa shape index (κ1) is 16.8. The summed E-state index contributed by atoms with van der Waals surface area (Å²) < 4.78 is 5.50. The number of fused-ring (bicyclic) bond motifs is 1. The summed E-state index contributed by atoms with van der Waals surface area (Å²) in [7, 11) is 0. The quantitative estimate of drug-likeness (QED) is 0.698. The number of unbranched alkanes of at least 4 members (excludes halogenated alkanes) is 2. The van der Waals surface area contributed by atoms with Crippen molar-refractivity contribution in [3.05, 3.63) is 42.5 Å². The molecule has 0 aromatic heterocycles. The van der Waals surface area contributed by atoms with Gasteiger partial charge in [0.05, 0.1) is 0 Å². The van der Waals surface area contributed by atoms with Crippen LogP contribution >= 0.6 is 0 Å². The fourth-order valence-corrected chi connectivity index (χ4v) is 2.26. The molecule has 0 radical (unpaired) electrons. The summed E-state index contributed by atoms with van der Waals surface area (Å²) >= 11 is 0. The number of benzene rings is 2. The van der Waals surface area contributed by atoms with Crippen LogP contribution in [0, 0.1) is 0 Å². The van der Waals surface area contributed by atoms with Crippen molar-refractivity contribution in [3.8, 4) is 5.75 Å². The van der Waals surface area contributed by atoms with Crippen LogP contribution < -0.4 is 10.1 Å². The van der Waals surface area contributed by atoms with Crippen LogP contribution in [0.15, 0.2) is 42.5 Å². The molecule has 5 heteroatoms. The number of ether oxygens (including phenoxy) is 1. The van der Waals surface area contributed by atoms with E-state index in [-0.39, 0.29) is 18.9 Å². The first-order valence-corrected chi connectivity index (χ1v) is 7.75. The van der Waals surface area contributed by atoms with E-state index in [0.717, 1.165) is 23.6 Å². The maximum Gasteiger partial charge on any atom is 0.303 e. The fraction of sp³-hybridized carbons (Fsp3) is 0.333. The molecule has 2 rings (SSSR count). The number of amides is 1. The van der Waals surface area contributed by atoms with Gasteiger partial charge in [0.2, 0.25) is 0 Å². The van der Waals surface area contributed by atoms with E-state index >= 15 is 0 Å². The number of rotatable bonds is 9. The number of hydrogen-bond acceptors (Lipinski definition) is 3. The Hall–Kier alpha value is -2.56. The molecule has 0 fully saturated rings. The molecule has 1 amide bonds. The molecule has 0 saturated carbocycles. The molecule has 0 aliphatic heterocycles. The van der Waals surface area contributed by atoms with E-state index in [1.165, 1.54) is 0 Å². The van der Waals surface area contributed by atoms with Gasteiger partial charge in [-0.25, -0.2) is 0 Å². The van der Waals surface area contributed by atoms with Crippen molar-refractivity contribution in [2.75, 3.05) is 13.2 Å². The van der Waals surface area contributed by atoms with E-state index in [4.69, 9.17) is 9.84 Å². The second-order valence-corrected chi connectivity index (χ2v) is 5.35. The van der Waals surface area contributed by atoms with Gasteiger partial charge in [0, 0.05) is 13.0 Å². The fourth-order valence-electron chi connectivity index (χ4n) is 2.26. The first-order chi connectivity index (χ1) is 11.1. The average Bonchev–Trinajstić information content (AvgIpc) is 2.55. The highest BCUT2D eigenvalue weighted by Gasteiger charge is 2.03. The number of carbonyl (C=O) groups excluding carboxylic acids is 1. The van der Waals surface area contributed by atoms with E-state index < -0.39 is 5.97 Å². The Morgan fingerprint density at radius 1 is 1.00 bits per heavy atom. The molecule has 0 saturated heterocycles. The monoisotopic (exact) mass is 315 g/mol. The average molecular weight is 315 g/mol. The molecule has 0 unspecified atom stereocenters. The van der Waals surface area contributed by atoms with Gasteiger partial charge < -0.3 is 15.2 Å². The molecule has 0 bridgehead atoms. The summed E-state index contributed by atoms with van der Waals surface area (Å²) in [6.07, 6.45) is 2.38. The third kappa shape index (κ3) is 5.98. The number of carboxylic acids is 1. The second-order valence-electron chi connectivity index (χ2n) is 5.35. The lowest BCUT2D eigenvalue weighted by molar-refractivity contribution is -0.137. The zero-order valence-electron chi connectivity index (χ0n) is 13.0. The smallest absolute Gasteiger partial charge is 0.303 e. The summed E-state index contributed by atoms with van der Waals surface area (Å²) in [6.45, 7) is 0.521. The van der Waals surface area contributed by atoms with Gasteiger partial charge in [-0.2, -0.15) is 0 Å². The number of nitrogens with one attached hydrogen (secondary N) is 1. The second kappa shape index (κ2) is 8.78. The summed E-state index contributed by atoms with van der Waals surface area (Å²) in [6, 6.07) is 13.7. The molecule has 122 valence electrons. The molecule has 2 aromatic rings. The van der Waals surface area contributed by atoms with Gasteiger partial charge in [-0.1, -0.05) is 36.8 Å². The van der Waals surface area contributed by atoms with Crippen LogP contribution in [0.1, 0.15) is 25.7 Å². The lowest BCUT2D eigenvalue weighted by atomic mass is 10.1. The molecule has 0 spiro atoms. The van der Waals surface area contributed by atoms with Crippen LogP contribution in [0.3, 0.4) is 0 Å². The van der Waals surface area contributed by atoms with Crippen LogP contribution in [0.2, 0.25) is 0 Å². The number of aliphatic carboxylic acids is 1. The third-order valence-corrected chi connectivity index (χ3v) is 3.48. The van der Waals surface area contributed by atoms with Crippen molar-refractivity contribution in [1.29, 1.82) is 0 Å². The minimum Gasteiger partial charge on any atom is -0.484 e. The molecule has 0 aliphatic carbocycles. The van der Waals surface area contributed by atoms with Crippen LogP contribution in [0.4, 0.5) is 0 Å². The highest BCUT2D eigenvalue weighted by molar-refractivity contribution is 5.84. The maximum absolute atomic E-state index is 11.7. The normalized spacial score (nSPS) is 10.4. The summed E-state index contributed by atoms with van der Waals surface area (Å²) in [5.41, 5.74) is 0. The Bertz CT molecular complexity index is 669. The van der Waals surface area contributed by atoms with E-state index in [1.54, 1.807) is 0 Å². The Kier molecular flexibility index (Phi) is 6.41. The van der Waals surface area contributed by atoms with E-state index in [2.05, 4.69) is 5.32 Å². The molecule has 5 nitrogen and oxygen atoms in total. The van der Waals surface area contributed by atoms with Crippen molar-refractivity contribution in [3.63, 3.8) is 0 Å². The predicted octanol–water partition coefficient (Wildman–Crippen LogP) is 2.98. The lowest BCUT2D eigenvalue weighted by Gasteiger charge is -2.08. The van der Waals surface area contributed by atoms with Crippen molar-refractivity contribution >= 4 is 22.6 Å². The molecular formula is C18H21NO4. The van der Waals surface area contributed by atoms with E-state index in [0.29, 0.717) is 18.7 Å². The third-order valence-electron chi connectivity index (χ3n) is 3.48. The van der Waals surface area contributed by atoms with Crippen LogP contribution in [0.25, 0.3) is 10.8 Å². The molecule has 0 atom stereocenters. The largest absolute Gasteiger partial charge is 0.484 e. The lowest BCUT2D eigenvalue weighted by Crippen LogP contribution is -2.29. The number of hydrogen-bond donors (Lipinski definition) is 2. The highest BCUT2D eigenvalue weighted by Crippen LogP contribution is 2.20. The van der Waals surface area contributed by atoms with Gasteiger partial charge in [-0.05, 0) is 35.7 Å². The Morgan fingerprint density at radius 3 is 2.57 bits per heavy atom. The van der Waals surface area contributed by atoms with E-state index in [1.807, 2.05) is 42.5 Å². The Morgan fingerprint density at radius 2 is 1.78 bits per heavy atom. The molecule has 0 aliphatic rings. The van der Waals surface area contributed by atoms with Crippen molar-refractivity contribution in [2.45, 2.75) is 25.7 Å². The first-order valence-electron chi connectivity index (χ1n) is 7.75. The Labute approximate surface area is 135 Å². The maximum atomic E-state index is 11.7. The molecule has 2 N–H and O–H groups in total. The minimum absolute atomic E-state index is 0.0204. The summed E-state index contributed by atoms with van der Waals surface area (Å²) in [5.74, 6) is -0.283. The molecule has 0 heterocycles.